The summed E-state index contributed by atoms with van der Waals surface area (Å²) in [4.78, 5) is 2.48. The summed E-state index contributed by atoms with van der Waals surface area (Å²) in [6, 6.07) is 12.7. The molecule has 0 atom stereocenters. The minimum absolute atomic E-state index is 0.325. The molecule has 5 nitrogen and oxygen atoms in total. The van der Waals surface area contributed by atoms with Crippen molar-refractivity contribution in [2.75, 3.05) is 23.7 Å². The molecule has 0 radical (unpaired) electrons. The van der Waals surface area contributed by atoms with E-state index in [1.807, 2.05) is 29.1 Å². The van der Waals surface area contributed by atoms with Crippen LogP contribution in [0.15, 0.2) is 48.8 Å². The molecule has 0 aliphatic carbocycles. The van der Waals surface area contributed by atoms with E-state index < -0.39 is 10.1 Å². The van der Waals surface area contributed by atoms with Crippen LogP contribution < -0.4 is 9.47 Å². The van der Waals surface area contributed by atoms with Crippen molar-refractivity contribution < 1.29 is 17.5 Å². The first kappa shape index (κ1) is 24.1. The highest BCUT2D eigenvalue weighted by molar-refractivity contribution is 7.85. The number of benzene rings is 1. The molecule has 6 heteroatoms. The van der Waals surface area contributed by atoms with Gasteiger partial charge in [-0.25, -0.2) is 13.0 Å². The second-order valence-corrected chi connectivity index (χ2v) is 9.13. The van der Waals surface area contributed by atoms with Gasteiger partial charge in [0, 0.05) is 43.1 Å². The Bertz CT molecular complexity index is 868. The van der Waals surface area contributed by atoms with E-state index in [1.165, 1.54) is 31.4 Å². The summed E-state index contributed by atoms with van der Waals surface area (Å²) in [5.41, 5.74) is 3.51. The molecule has 30 heavy (non-hydrogen) atoms. The lowest BCUT2D eigenvalue weighted by Crippen LogP contribution is -2.33. The van der Waals surface area contributed by atoms with Gasteiger partial charge in [0.15, 0.2) is 12.4 Å². The van der Waals surface area contributed by atoms with Crippen LogP contribution in [0.3, 0.4) is 0 Å². The van der Waals surface area contributed by atoms with Gasteiger partial charge in [-0.15, -0.1) is 0 Å². The number of nitrogens with zero attached hydrogens (tertiary/aromatic N) is 2. The molecular weight excluding hydrogens is 396 g/mol. The fourth-order valence-electron chi connectivity index (χ4n) is 3.21. The molecule has 1 heterocycles. The number of anilines is 1. The fraction of sp³-hybridized carbons (Fsp3) is 0.458. The van der Waals surface area contributed by atoms with Crippen LogP contribution in [-0.4, -0.2) is 31.8 Å². The molecule has 0 saturated heterocycles. The summed E-state index contributed by atoms with van der Waals surface area (Å²) in [7, 11) is -4.14. The third-order valence-corrected chi connectivity index (χ3v) is 5.81. The summed E-state index contributed by atoms with van der Waals surface area (Å²) in [5, 5.41) is 0. The average Bonchev–Trinajstić information content (AvgIpc) is 2.73. The third kappa shape index (κ3) is 9.09. The van der Waals surface area contributed by atoms with Gasteiger partial charge in [0.05, 0.1) is 10.1 Å². The van der Waals surface area contributed by atoms with Gasteiger partial charge in [0.1, 0.15) is 6.54 Å². The first-order chi connectivity index (χ1) is 14.4. The van der Waals surface area contributed by atoms with E-state index in [0.717, 1.165) is 24.2 Å². The molecular formula is C24H34N2O3S. The Kier molecular flexibility index (Phi) is 10.0. The van der Waals surface area contributed by atoms with Crippen LogP contribution in [-0.2, 0) is 16.7 Å². The lowest BCUT2D eigenvalue weighted by atomic mass is 10.1. The number of hydrogen-bond acceptors (Lipinski definition) is 4. The Hall–Kier alpha value is -2.18. The number of unbranched alkanes of at least 4 members (excludes halogenated alkanes) is 2. The van der Waals surface area contributed by atoms with Gasteiger partial charge in [-0.05, 0) is 36.1 Å². The van der Waals surface area contributed by atoms with Crippen molar-refractivity contribution in [3.63, 3.8) is 0 Å². The topological polar surface area (TPSA) is 64.3 Å². The molecule has 2 aromatic rings. The van der Waals surface area contributed by atoms with Crippen LogP contribution in [0.1, 0.15) is 57.1 Å². The maximum absolute atomic E-state index is 10.7. The highest BCUT2D eigenvalue weighted by Crippen LogP contribution is 2.18. The van der Waals surface area contributed by atoms with Crippen molar-refractivity contribution in [3.05, 3.63) is 59.9 Å². The molecule has 0 saturated carbocycles. The standard InChI is InChI=1S/C24H34N2O3S/c1-3-5-17-26(18-6-4-2)24-12-10-22(11-13-24)8-9-23-14-19-25(20-15-23)16-7-21-30(27,28)29/h8-15,19-20H,3-7,16-18,21H2,1-2H3. The number of pyridine rings is 1. The predicted octanol–water partition coefficient (Wildman–Crippen LogP) is 4.49. The van der Waals surface area contributed by atoms with Crippen molar-refractivity contribution in [2.45, 2.75) is 52.5 Å². The van der Waals surface area contributed by atoms with E-state index >= 15 is 0 Å². The largest absolute Gasteiger partial charge is 0.748 e. The molecule has 0 bridgehead atoms. The third-order valence-electron chi connectivity index (χ3n) is 5.02. The average molecular weight is 431 g/mol. The molecule has 164 valence electrons. The molecule has 0 aliphatic rings. The van der Waals surface area contributed by atoms with Gasteiger partial charge in [0.2, 0.25) is 0 Å². The molecule has 1 aromatic heterocycles. The van der Waals surface area contributed by atoms with Crippen LogP contribution in [0.5, 0.6) is 0 Å². The molecule has 0 N–H and O–H groups in total. The van der Waals surface area contributed by atoms with Crippen molar-refractivity contribution in [3.8, 4) is 0 Å². The number of aryl methyl sites for hydroxylation is 1. The van der Waals surface area contributed by atoms with Crippen molar-refractivity contribution in [1.29, 1.82) is 0 Å². The highest BCUT2D eigenvalue weighted by atomic mass is 32.2. The number of rotatable bonds is 13. The molecule has 0 unspecified atom stereocenters. The predicted molar refractivity (Wildman–Crippen MR) is 123 cm³/mol. The summed E-state index contributed by atoms with van der Waals surface area (Å²) >= 11 is 0. The van der Waals surface area contributed by atoms with Gasteiger partial charge < -0.3 is 9.45 Å². The summed E-state index contributed by atoms with van der Waals surface area (Å²) < 4.78 is 33.9. The van der Waals surface area contributed by atoms with Crippen LogP contribution in [0, 0.1) is 0 Å². The molecule has 0 amide bonds. The van der Waals surface area contributed by atoms with Gasteiger partial charge in [-0.1, -0.05) is 51.0 Å². The maximum Gasteiger partial charge on any atom is 0.169 e. The zero-order valence-corrected chi connectivity index (χ0v) is 19.0. The molecule has 0 aliphatic heterocycles. The second kappa shape index (κ2) is 12.5. The minimum atomic E-state index is -4.14. The maximum atomic E-state index is 10.7. The number of hydrogen-bond donors (Lipinski definition) is 0. The first-order valence-electron chi connectivity index (χ1n) is 10.9. The summed E-state index contributed by atoms with van der Waals surface area (Å²) in [6.07, 6.45) is 13.1. The van der Waals surface area contributed by atoms with Gasteiger partial charge in [-0.3, -0.25) is 0 Å². The molecule has 0 spiro atoms. The fourth-order valence-corrected chi connectivity index (χ4v) is 3.69. The van der Waals surface area contributed by atoms with Crippen molar-refractivity contribution in [2.24, 2.45) is 0 Å². The molecule has 0 fully saturated rings. The van der Waals surface area contributed by atoms with Crippen LogP contribution in [0.2, 0.25) is 0 Å². The highest BCUT2D eigenvalue weighted by Gasteiger charge is 2.05. The normalized spacial score (nSPS) is 11.8. The van der Waals surface area contributed by atoms with Crippen LogP contribution >= 0.6 is 0 Å². The Morgan fingerprint density at radius 1 is 0.867 bits per heavy atom. The summed E-state index contributed by atoms with van der Waals surface area (Å²) in [5.74, 6) is -0.327. The SMILES string of the molecule is CCCCN(CCCC)c1ccc(/C=C/c2cc[n+](CCCS(=O)(=O)[O-])cc2)cc1. The van der Waals surface area contributed by atoms with Crippen LogP contribution in [0.25, 0.3) is 12.2 Å². The van der Waals surface area contributed by atoms with E-state index in [0.29, 0.717) is 13.0 Å². The quantitative estimate of drug-likeness (QED) is 0.347. The van der Waals surface area contributed by atoms with E-state index in [4.69, 9.17) is 0 Å². The van der Waals surface area contributed by atoms with E-state index in [1.54, 1.807) is 0 Å². The lowest BCUT2D eigenvalue weighted by Gasteiger charge is -2.24. The Labute approximate surface area is 181 Å². The van der Waals surface area contributed by atoms with Gasteiger partial charge in [-0.2, -0.15) is 0 Å². The smallest absolute Gasteiger partial charge is 0.169 e. The van der Waals surface area contributed by atoms with Gasteiger partial charge >= 0.3 is 0 Å². The van der Waals surface area contributed by atoms with Crippen molar-refractivity contribution in [1.82, 2.24) is 0 Å². The van der Waals surface area contributed by atoms with Crippen molar-refractivity contribution >= 4 is 28.0 Å². The zero-order chi connectivity index (χ0) is 21.8. The molecule has 2 rings (SSSR count). The van der Waals surface area contributed by atoms with E-state index in [2.05, 4.69) is 55.2 Å². The monoisotopic (exact) mass is 430 g/mol. The zero-order valence-electron chi connectivity index (χ0n) is 18.2. The van der Waals surface area contributed by atoms with E-state index in [-0.39, 0.29) is 5.75 Å². The Morgan fingerprint density at radius 2 is 1.40 bits per heavy atom. The minimum Gasteiger partial charge on any atom is -0.748 e. The lowest BCUT2D eigenvalue weighted by molar-refractivity contribution is -0.696. The number of aromatic nitrogens is 1. The van der Waals surface area contributed by atoms with Crippen LogP contribution in [0.4, 0.5) is 5.69 Å². The first-order valence-corrected chi connectivity index (χ1v) is 12.4. The Balaban J connectivity index is 1.93. The summed E-state index contributed by atoms with van der Waals surface area (Å²) in [6.45, 7) is 7.19. The van der Waals surface area contributed by atoms with Gasteiger partial charge in [0.25, 0.3) is 0 Å². The van der Waals surface area contributed by atoms with E-state index in [9.17, 15) is 13.0 Å². The Morgan fingerprint density at radius 3 is 1.90 bits per heavy atom. The molecule has 1 aromatic carbocycles. The second-order valence-electron chi connectivity index (χ2n) is 7.60.